The summed E-state index contributed by atoms with van der Waals surface area (Å²) in [6, 6.07) is 0. The number of carboxylic acid groups (broad SMARTS) is 1. The Labute approximate surface area is 136 Å². The van der Waals surface area contributed by atoms with Gasteiger partial charge < -0.3 is 25.4 Å². The number of thiocarbonyl (C=S) groups is 1. The minimum atomic E-state index is -0.914. The lowest BCUT2D eigenvalue weighted by atomic mass is 9.71. The van der Waals surface area contributed by atoms with Crippen molar-refractivity contribution in [2.24, 2.45) is 5.41 Å². The van der Waals surface area contributed by atoms with E-state index in [2.05, 4.69) is 15.4 Å². The lowest BCUT2D eigenvalue weighted by Crippen LogP contribution is -2.61. The zero-order valence-corrected chi connectivity index (χ0v) is 14.4. The summed E-state index contributed by atoms with van der Waals surface area (Å²) < 4.78 is 4.53. The maximum absolute atomic E-state index is 11.6. The number of nitrogens with zero attached hydrogens (tertiary/aromatic N) is 1. The molecule has 1 unspecified atom stereocenters. The Balaban J connectivity index is 2.74. The summed E-state index contributed by atoms with van der Waals surface area (Å²) in [4.78, 5) is 24.1. The molecular weight excluding hydrogens is 306 g/mol. The zero-order chi connectivity index (χ0) is 17.0. The molecule has 0 aromatic heterocycles. The maximum Gasteiger partial charge on any atom is 0.407 e. The average Bonchev–Trinajstić information content (AvgIpc) is 2.87. The molecule has 0 radical (unpaired) electrons. The number of amides is 1. The highest BCUT2D eigenvalue weighted by molar-refractivity contribution is 7.80. The van der Waals surface area contributed by atoms with Crippen molar-refractivity contribution in [1.82, 2.24) is 15.5 Å². The number of methoxy groups -OCH3 is 1. The molecule has 8 heteroatoms. The van der Waals surface area contributed by atoms with Crippen molar-refractivity contribution in [2.45, 2.75) is 39.2 Å². The van der Waals surface area contributed by atoms with E-state index in [4.69, 9.17) is 12.2 Å². The van der Waals surface area contributed by atoms with Gasteiger partial charge >= 0.3 is 12.1 Å². The van der Waals surface area contributed by atoms with E-state index in [0.29, 0.717) is 18.2 Å². The second-order valence-corrected chi connectivity index (χ2v) is 6.84. The highest BCUT2D eigenvalue weighted by Crippen LogP contribution is 2.43. The number of carbonyl (C=O) groups excluding carboxylic acids is 1. The van der Waals surface area contributed by atoms with Gasteiger partial charge in [-0.05, 0) is 30.5 Å². The van der Waals surface area contributed by atoms with Crippen molar-refractivity contribution < 1.29 is 19.4 Å². The fourth-order valence-corrected chi connectivity index (χ4v) is 3.04. The van der Waals surface area contributed by atoms with Crippen molar-refractivity contribution in [1.29, 1.82) is 0 Å². The van der Waals surface area contributed by atoms with E-state index in [0.717, 1.165) is 12.8 Å². The van der Waals surface area contributed by atoms with Gasteiger partial charge in [0.2, 0.25) is 0 Å². The van der Waals surface area contributed by atoms with Gasteiger partial charge in [-0.1, -0.05) is 20.8 Å². The van der Waals surface area contributed by atoms with E-state index >= 15 is 0 Å². The van der Waals surface area contributed by atoms with Crippen molar-refractivity contribution in [3.63, 3.8) is 0 Å². The lowest BCUT2D eigenvalue weighted by Gasteiger charge is -2.47. The van der Waals surface area contributed by atoms with Gasteiger partial charge in [0.1, 0.15) is 6.54 Å². The average molecular weight is 331 g/mol. The van der Waals surface area contributed by atoms with Crippen LogP contribution in [0.1, 0.15) is 33.6 Å². The zero-order valence-electron chi connectivity index (χ0n) is 13.6. The molecule has 22 heavy (non-hydrogen) atoms. The first-order chi connectivity index (χ1) is 10.1. The molecule has 1 saturated heterocycles. The number of likely N-dealkylation sites (tertiary alicyclic amines) is 1. The Bertz CT molecular complexity index is 450. The summed E-state index contributed by atoms with van der Waals surface area (Å²) in [6.07, 6.45) is 0.686. The largest absolute Gasteiger partial charge is 0.468 e. The molecule has 0 bridgehead atoms. The summed E-state index contributed by atoms with van der Waals surface area (Å²) in [5.74, 6) is -0.414. The molecule has 1 amide bonds. The number of nitrogens with one attached hydrogen (secondary N) is 2. The Hall–Kier alpha value is -1.57. The summed E-state index contributed by atoms with van der Waals surface area (Å²) in [6.45, 7) is 6.99. The van der Waals surface area contributed by atoms with Crippen LogP contribution in [0.3, 0.4) is 0 Å². The van der Waals surface area contributed by atoms with Crippen LogP contribution in [0.25, 0.3) is 0 Å². The van der Waals surface area contributed by atoms with Gasteiger partial charge in [-0.3, -0.25) is 4.79 Å². The van der Waals surface area contributed by atoms with Gasteiger partial charge in [-0.15, -0.1) is 0 Å². The van der Waals surface area contributed by atoms with Gasteiger partial charge in [0, 0.05) is 13.1 Å². The van der Waals surface area contributed by atoms with Gasteiger partial charge in [0.05, 0.1) is 12.6 Å². The molecule has 1 heterocycles. The number of rotatable bonds is 4. The van der Waals surface area contributed by atoms with Crippen LogP contribution < -0.4 is 10.6 Å². The third-order valence-electron chi connectivity index (χ3n) is 4.28. The molecular formula is C14H25N3O4S. The lowest BCUT2D eigenvalue weighted by molar-refractivity contribution is -0.139. The third-order valence-corrected chi connectivity index (χ3v) is 4.57. The molecule has 0 aromatic rings. The number of carbonyl (C=O) groups is 2. The van der Waals surface area contributed by atoms with Gasteiger partial charge in [-0.25, -0.2) is 4.79 Å². The van der Waals surface area contributed by atoms with Crippen LogP contribution >= 0.6 is 12.2 Å². The molecule has 1 rings (SSSR count). The first-order valence-electron chi connectivity index (χ1n) is 7.23. The molecule has 7 nitrogen and oxygen atoms in total. The molecule has 1 atom stereocenters. The summed E-state index contributed by atoms with van der Waals surface area (Å²) in [5.41, 5.74) is -0.775. The van der Waals surface area contributed by atoms with Gasteiger partial charge in [0.15, 0.2) is 5.11 Å². The first kappa shape index (κ1) is 18.5. The number of hydrogen-bond donors (Lipinski definition) is 3. The molecule has 0 spiro atoms. The van der Waals surface area contributed by atoms with Crippen LogP contribution in [0.4, 0.5) is 4.79 Å². The smallest absolute Gasteiger partial charge is 0.407 e. The van der Waals surface area contributed by atoms with Gasteiger partial charge in [-0.2, -0.15) is 0 Å². The Morgan fingerprint density at radius 3 is 2.50 bits per heavy atom. The molecule has 0 aliphatic carbocycles. The van der Waals surface area contributed by atoms with Crippen molar-refractivity contribution in [3.05, 3.63) is 0 Å². The minimum Gasteiger partial charge on any atom is -0.468 e. The molecule has 3 N–H and O–H groups in total. The molecule has 126 valence electrons. The Kier molecular flexibility index (Phi) is 5.99. The van der Waals surface area contributed by atoms with Crippen LogP contribution in [-0.4, -0.2) is 59.5 Å². The van der Waals surface area contributed by atoms with Gasteiger partial charge in [0.25, 0.3) is 0 Å². The molecule has 1 fully saturated rings. The minimum absolute atomic E-state index is 0.0203. The normalized spacial score (nSPS) is 21.4. The van der Waals surface area contributed by atoms with Crippen molar-refractivity contribution in [2.75, 3.05) is 26.7 Å². The topological polar surface area (TPSA) is 90.9 Å². The SMILES string of the molecule is COC(=O)CNC(=S)NCC1(C(C)(C)C)CCCN1C(=O)O. The predicted octanol–water partition coefficient (Wildman–Crippen LogP) is 1.18. The first-order valence-corrected chi connectivity index (χ1v) is 7.64. The van der Waals surface area contributed by atoms with E-state index in [1.165, 1.54) is 12.0 Å². The summed E-state index contributed by atoms with van der Waals surface area (Å²) >= 11 is 5.14. The molecule has 0 aromatic carbocycles. The second-order valence-electron chi connectivity index (χ2n) is 6.43. The van der Waals surface area contributed by atoms with E-state index in [1.807, 2.05) is 20.8 Å². The Morgan fingerprint density at radius 1 is 1.36 bits per heavy atom. The highest BCUT2D eigenvalue weighted by atomic mass is 32.1. The second kappa shape index (κ2) is 7.13. The van der Waals surface area contributed by atoms with Crippen LogP contribution in [0.2, 0.25) is 0 Å². The quantitative estimate of drug-likeness (QED) is 0.526. The predicted molar refractivity (Wildman–Crippen MR) is 86.8 cm³/mol. The van der Waals surface area contributed by atoms with Crippen LogP contribution in [0, 0.1) is 5.41 Å². The summed E-state index contributed by atoms with van der Waals surface area (Å²) in [5, 5.41) is 15.6. The number of hydrogen-bond acceptors (Lipinski definition) is 4. The summed E-state index contributed by atoms with van der Waals surface area (Å²) in [7, 11) is 1.30. The number of ether oxygens (including phenoxy) is 1. The molecule has 1 aliphatic heterocycles. The maximum atomic E-state index is 11.6. The van der Waals surface area contributed by atoms with E-state index in [-0.39, 0.29) is 12.0 Å². The van der Waals surface area contributed by atoms with E-state index in [9.17, 15) is 14.7 Å². The van der Waals surface area contributed by atoms with Crippen molar-refractivity contribution >= 4 is 29.4 Å². The standard InChI is InChI=1S/C14H25N3O4S/c1-13(2,3)14(6-5-7-17(14)12(19)20)9-16-11(22)15-8-10(18)21-4/h5-9H2,1-4H3,(H,19,20)(H2,15,16,22). The third kappa shape index (κ3) is 4.00. The Morgan fingerprint density at radius 2 is 2.00 bits per heavy atom. The highest BCUT2D eigenvalue weighted by Gasteiger charge is 2.51. The fraction of sp³-hybridized carbons (Fsp3) is 0.786. The van der Waals surface area contributed by atoms with E-state index in [1.54, 1.807) is 0 Å². The number of esters is 1. The molecule has 0 saturated carbocycles. The van der Waals surface area contributed by atoms with Crippen LogP contribution in [0.15, 0.2) is 0 Å². The van der Waals surface area contributed by atoms with E-state index < -0.39 is 17.6 Å². The monoisotopic (exact) mass is 331 g/mol. The van der Waals surface area contributed by atoms with Crippen LogP contribution in [0.5, 0.6) is 0 Å². The molecule has 1 aliphatic rings. The van der Waals surface area contributed by atoms with Crippen molar-refractivity contribution in [3.8, 4) is 0 Å². The fourth-order valence-electron chi connectivity index (χ4n) is 2.90. The van der Waals surface area contributed by atoms with Crippen LogP contribution in [-0.2, 0) is 9.53 Å².